The maximum Gasteiger partial charge on any atom is 0.239 e. The van der Waals surface area contributed by atoms with Crippen molar-refractivity contribution in [1.82, 2.24) is 16.0 Å². The molecule has 4 saturated carbocycles. The van der Waals surface area contributed by atoms with Crippen LogP contribution in [-0.2, 0) is 9.59 Å². The van der Waals surface area contributed by atoms with Crippen LogP contribution in [0.5, 0.6) is 0 Å². The van der Waals surface area contributed by atoms with E-state index >= 15 is 0 Å². The summed E-state index contributed by atoms with van der Waals surface area (Å²) in [4.78, 5) is 24.1. The van der Waals surface area contributed by atoms with E-state index in [1.165, 1.54) is 38.5 Å². The van der Waals surface area contributed by atoms with Gasteiger partial charge in [0.2, 0.25) is 11.8 Å². The molecule has 5 rings (SSSR count). The molecule has 5 aliphatic rings. The second kappa shape index (κ2) is 7.20. The summed E-state index contributed by atoms with van der Waals surface area (Å²) in [7, 11) is 0. The lowest BCUT2D eigenvalue weighted by Gasteiger charge is -2.56. The predicted molar refractivity (Wildman–Crippen MR) is 94.8 cm³/mol. The van der Waals surface area contributed by atoms with E-state index in [0.29, 0.717) is 12.3 Å². The first kappa shape index (κ1) is 18.0. The third-order valence-electron chi connectivity index (χ3n) is 6.60. The van der Waals surface area contributed by atoms with Crippen molar-refractivity contribution in [3.63, 3.8) is 0 Å². The molecule has 0 spiro atoms. The summed E-state index contributed by atoms with van der Waals surface area (Å²) in [6.07, 6.45) is 8.57. The van der Waals surface area contributed by atoms with E-state index in [1.807, 2.05) is 0 Å². The Morgan fingerprint density at radius 3 is 2.00 bits per heavy atom. The molecule has 136 valence electrons. The number of hydrogen-bond acceptors (Lipinski definition) is 3. The van der Waals surface area contributed by atoms with E-state index in [1.54, 1.807) is 0 Å². The Labute approximate surface area is 150 Å². The van der Waals surface area contributed by atoms with Crippen LogP contribution >= 0.6 is 12.4 Å². The normalized spacial score (nSPS) is 36.6. The minimum absolute atomic E-state index is 0. The van der Waals surface area contributed by atoms with Gasteiger partial charge in [-0.25, -0.2) is 0 Å². The maximum atomic E-state index is 12.3. The average Bonchev–Trinajstić information content (AvgIpc) is 2.41. The zero-order valence-electron chi connectivity index (χ0n) is 14.3. The van der Waals surface area contributed by atoms with E-state index in [4.69, 9.17) is 0 Å². The molecule has 6 heteroatoms. The highest BCUT2D eigenvalue weighted by atomic mass is 35.5. The van der Waals surface area contributed by atoms with Crippen LogP contribution in [0, 0.1) is 29.1 Å². The van der Waals surface area contributed by atoms with Gasteiger partial charge < -0.3 is 16.0 Å². The van der Waals surface area contributed by atoms with Crippen LogP contribution < -0.4 is 16.0 Å². The minimum atomic E-state index is -0.0595. The quantitative estimate of drug-likeness (QED) is 0.675. The first-order valence-electron chi connectivity index (χ1n) is 9.34. The van der Waals surface area contributed by atoms with Gasteiger partial charge in [-0.05, 0) is 61.7 Å². The molecule has 3 N–H and O–H groups in total. The molecule has 0 unspecified atom stereocenters. The van der Waals surface area contributed by atoms with Crippen LogP contribution in [0.25, 0.3) is 0 Å². The SMILES string of the molecule is Cl.O=C(CNC(=O)CC12CC3CC(CC(C3)C1)C2)NCC1CNC1. The van der Waals surface area contributed by atoms with E-state index in [0.717, 1.165) is 37.4 Å². The number of hydrogen-bond donors (Lipinski definition) is 3. The zero-order valence-corrected chi connectivity index (χ0v) is 15.1. The fourth-order valence-corrected chi connectivity index (χ4v) is 5.90. The van der Waals surface area contributed by atoms with Gasteiger partial charge in [0.1, 0.15) is 0 Å². The third kappa shape index (κ3) is 3.88. The molecule has 5 fully saturated rings. The Bertz CT molecular complexity index is 457. The Hall–Kier alpha value is -0.810. The Kier molecular flexibility index (Phi) is 5.40. The summed E-state index contributed by atoms with van der Waals surface area (Å²) >= 11 is 0. The Morgan fingerprint density at radius 2 is 1.50 bits per heavy atom. The van der Waals surface area contributed by atoms with Gasteiger partial charge in [-0.3, -0.25) is 9.59 Å². The van der Waals surface area contributed by atoms with E-state index < -0.39 is 0 Å². The lowest BCUT2D eigenvalue weighted by atomic mass is 9.49. The summed E-state index contributed by atoms with van der Waals surface area (Å²) in [5.41, 5.74) is 0.257. The van der Waals surface area contributed by atoms with Crippen LogP contribution in [0.3, 0.4) is 0 Å². The van der Waals surface area contributed by atoms with Crippen LogP contribution in [0.1, 0.15) is 44.9 Å². The highest BCUT2D eigenvalue weighted by Gasteiger charge is 2.51. The van der Waals surface area contributed by atoms with Crippen molar-refractivity contribution in [1.29, 1.82) is 0 Å². The van der Waals surface area contributed by atoms with Gasteiger partial charge in [0.05, 0.1) is 6.54 Å². The molecule has 1 saturated heterocycles. The standard InChI is InChI=1S/C18H29N3O2.ClH/c22-16(21-11-17(23)20-10-15-8-19-9-15)7-18-4-12-1-13(5-18)3-14(2-12)6-18;/h12-15,19H,1-11H2,(H,20,23)(H,21,22);1H. The van der Waals surface area contributed by atoms with E-state index in [-0.39, 0.29) is 36.2 Å². The van der Waals surface area contributed by atoms with Crippen LogP contribution in [-0.4, -0.2) is 38.0 Å². The predicted octanol–water partition coefficient (Wildman–Crippen LogP) is 1.47. The van der Waals surface area contributed by atoms with Crippen molar-refractivity contribution in [2.75, 3.05) is 26.2 Å². The maximum absolute atomic E-state index is 12.3. The lowest BCUT2D eigenvalue weighted by molar-refractivity contribution is -0.132. The fourth-order valence-electron chi connectivity index (χ4n) is 5.90. The molecule has 2 amide bonds. The molecule has 4 aliphatic carbocycles. The highest BCUT2D eigenvalue weighted by molar-refractivity contribution is 5.85. The topological polar surface area (TPSA) is 70.2 Å². The van der Waals surface area contributed by atoms with Crippen molar-refractivity contribution in [3.8, 4) is 0 Å². The smallest absolute Gasteiger partial charge is 0.239 e. The Balaban J connectivity index is 0.00000169. The molecule has 0 atom stereocenters. The van der Waals surface area contributed by atoms with Crippen LogP contribution in [0.15, 0.2) is 0 Å². The minimum Gasteiger partial charge on any atom is -0.354 e. The number of carbonyl (C=O) groups is 2. The van der Waals surface area contributed by atoms with Gasteiger partial charge in [0.15, 0.2) is 0 Å². The van der Waals surface area contributed by atoms with Crippen molar-refractivity contribution >= 4 is 24.2 Å². The van der Waals surface area contributed by atoms with Gasteiger partial charge in [-0.15, -0.1) is 12.4 Å². The van der Waals surface area contributed by atoms with Crippen molar-refractivity contribution in [2.45, 2.75) is 44.9 Å². The summed E-state index contributed by atoms with van der Waals surface area (Å²) in [6, 6.07) is 0. The highest BCUT2D eigenvalue weighted by Crippen LogP contribution is 2.61. The van der Waals surface area contributed by atoms with Gasteiger partial charge in [0, 0.05) is 32.0 Å². The first-order valence-corrected chi connectivity index (χ1v) is 9.34. The van der Waals surface area contributed by atoms with Gasteiger partial charge in [-0.2, -0.15) is 0 Å². The largest absolute Gasteiger partial charge is 0.354 e. The van der Waals surface area contributed by atoms with E-state index in [2.05, 4.69) is 16.0 Å². The van der Waals surface area contributed by atoms with Crippen LogP contribution in [0.2, 0.25) is 0 Å². The van der Waals surface area contributed by atoms with Crippen molar-refractivity contribution in [2.24, 2.45) is 29.1 Å². The van der Waals surface area contributed by atoms with Crippen molar-refractivity contribution < 1.29 is 9.59 Å². The monoisotopic (exact) mass is 355 g/mol. The zero-order chi connectivity index (χ0) is 15.9. The van der Waals surface area contributed by atoms with Gasteiger partial charge >= 0.3 is 0 Å². The number of halogens is 1. The molecule has 0 aromatic heterocycles. The molecule has 0 radical (unpaired) electrons. The third-order valence-corrected chi connectivity index (χ3v) is 6.60. The number of rotatable bonds is 6. The summed E-state index contributed by atoms with van der Waals surface area (Å²) in [5, 5.41) is 8.94. The van der Waals surface area contributed by atoms with Crippen LogP contribution in [0.4, 0.5) is 0 Å². The summed E-state index contributed by atoms with van der Waals surface area (Å²) in [5.74, 6) is 3.18. The molecular weight excluding hydrogens is 326 g/mol. The molecule has 0 aromatic rings. The molecule has 24 heavy (non-hydrogen) atoms. The molecule has 1 heterocycles. The fraction of sp³-hybridized carbons (Fsp3) is 0.889. The first-order chi connectivity index (χ1) is 11.1. The second-order valence-electron chi connectivity index (χ2n) is 8.70. The molecule has 4 bridgehead atoms. The number of nitrogens with one attached hydrogen (secondary N) is 3. The van der Waals surface area contributed by atoms with Crippen molar-refractivity contribution in [3.05, 3.63) is 0 Å². The summed E-state index contributed by atoms with van der Waals surface area (Å²) in [6.45, 7) is 2.82. The molecule has 5 nitrogen and oxygen atoms in total. The number of amides is 2. The Morgan fingerprint density at radius 1 is 0.917 bits per heavy atom. The molecular formula is C18H30ClN3O2. The average molecular weight is 356 g/mol. The van der Waals surface area contributed by atoms with Gasteiger partial charge in [-0.1, -0.05) is 0 Å². The van der Waals surface area contributed by atoms with Gasteiger partial charge in [0.25, 0.3) is 0 Å². The second-order valence-corrected chi connectivity index (χ2v) is 8.70. The number of carbonyl (C=O) groups excluding carboxylic acids is 2. The molecule has 0 aromatic carbocycles. The molecule has 1 aliphatic heterocycles. The lowest BCUT2D eigenvalue weighted by Crippen LogP contribution is -2.50. The summed E-state index contributed by atoms with van der Waals surface area (Å²) < 4.78 is 0. The van der Waals surface area contributed by atoms with E-state index in [9.17, 15) is 9.59 Å².